The molecule has 0 aromatic rings. The fourth-order valence-electron chi connectivity index (χ4n) is 2.59. The van der Waals surface area contributed by atoms with E-state index in [0.717, 1.165) is 18.4 Å². The minimum absolute atomic E-state index is 0.800. The minimum Gasteiger partial charge on any atom is -0.330 e. The van der Waals surface area contributed by atoms with E-state index in [-0.39, 0.29) is 0 Å². The lowest BCUT2D eigenvalue weighted by Gasteiger charge is -2.41. The second-order valence-electron chi connectivity index (χ2n) is 4.11. The molecule has 2 bridgehead atoms. The molecule has 2 aliphatic heterocycles. The number of nitrogens with zero attached hydrogens (tertiary/aromatic N) is 1. The van der Waals surface area contributed by atoms with Crippen LogP contribution in [0.1, 0.15) is 19.3 Å². The van der Waals surface area contributed by atoms with Crippen molar-refractivity contribution in [2.75, 3.05) is 26.2 Å². The standard InChI is InChI=1S/C9H18N2/c10-5-9-4-8-2-1-3-11(6-8)7-9/h8-9H,1-7,10H2. The monoisotopic (exact) mass is 154 g/mol. The lowest BCUT2D eigenvalue weighted by atomic mass is 9.83. The van der Waals surface area contributed by atoms with Crippen molar-refractivity contribution in [3.63, 3.8) is 0 Å². The predicted octanol–water partition coefficient (Wildman–Crippen LogP) is 0.677. The summed E-state index contributed by atoms with van der Waals surface area (Å²) < 4.78 is 0. The highest BCUT2D eigenvalue weighted by Gasteiger charge is 2.28. The molecule has 2 N–H and O–H groups in total. The van der Waals surface area contributed by atoms with E-state index in [1.165, 1.54) is 38.9 Å². The maximum atomic E-state index is 5.68. The molecule has 64 valence electrons. The van der Waals surface area contributed by atoms with Crippen LogP contribution in [0.2, 0.25) is 0 Å². The fraction of sp³-hybridized carbons (Fsp3) is 1.00. The number of hydrogen-bond acceptors (Lipinski definition) is 2. The highest BCUT2D eigenvalue weighted by atomic mass is 15.1. The molecule has 2 fully saturated rings. The van der Waals surface area contributed by atoms with Gasteiger partial charge in [-0.3, -0.25) is 0 Å². The predicted molar refractivity (Wildman–Crippen MR) is 46.3 cm³/mol. The van der Waals surface area contributed by atoms with Crippen LogP contribution in [0.15, 0.2) is 0 Å². The van der Waals surface area contributed by atoms with E-state index in [9.17, 15) is 0 Å². The van der Waals surface area contributed by atoms with Crippen LogP contribution in [-0.4, -0.2) is 31.1 Å². The minimum atomic E-state index is 0.800. The third-order valence-corrected chi connectivity index (χ3v) is 3.12. The van der Waals surface area contributed by atoms with Gasteiger partial charge >= 0.3 is 0 Å². The molecule has 3 unspecified atom stereocenters. The van der Waals surface area contributed by atoms with Crippen LogP contribution in [-0.2, 0) is 0 Å². The molecule has 2 nitrogen and oxygen atoms in total. The summed E-state index contributed by atoms with van der Waals surface area (Å²) in [6.07, 6.45) is 4.27. The molecule has 2 heteroatoms. The van der Waals surface area contributed by atoms with Gasteiger partial charge in [0.15, 0.2) is 0 Å². The van der Waals surface area contributed by atoms with E-state index in [1.807, 2.05) is 0 Å². The van der Waals surface area contributed by atoms with Crippen LogP contribution in [0.3, 0.4) is 0 Å². The molecule has 0 aromatic carbocycles. The zero-order valence-electron chi connectivity index (χ0n) is 7.13. The molecular weight excluding hydrogens is 136 g/mol. The summed E-state index contributed by atoms with van der Waals surface area (Å²) in [7, 11) is 0. The summed E-state index contributed by atoms with van der Waals surface area (Å²) >= 11 is 0. The molecule has 0 spiro atoms. The maximum absolute atomic E-state index is 5.68. The van der Waals surface area contributed by atoms with Gasteiger partial charge in [-0.25, -0.2) is 0 Å². The third-order valence-electron chi connectivity index (χ3n) is 3.12. The SMILES string of the molecule is NCC1CC2CCCN(C1)C2. The van der Waals surface area contributed by atoms with Crippen molar-refractivity contribution < 1.29 is 0 Å². The van der Waals surface area contributed by atoms with Crippen LogP contribution in [0, 0.1) is 11.8 Å². The van der Waals surface area contributed by atoms with E-state index in [4.69, 9.17) is 5.73 Å². The van der Waals surface area contributed by atoms with E-state index in [1.54, 1.807) is 0 Å². The van der Waals surface area contributed by atoms with E-state index in [0.29, 0.717) is 0 Å². The van der Waals surface area contributed by atoms with Gasteiger partial charge in [0.25, 0.3) is 0 Å². The van der Waals surface area contributed by atoms with Crippen LogP contribution in [0.5, 0.6) is 0 Å². The summed E-state index contributed by atoms with van der Waals surface area (Å²) in [5.41, 5.74) is 5.68. The van der Waals surface area contributed by atoms with Crippen LogP contribution < -0.4 is 5.73 Å². The van der Waals surface area contributed by atoms with Crippen molar-refractivity contribution in [3.8, 4) is 0 Å². The zero-order valence-corrected chi connectivity index (χ0v) is 7.13. The molecule has 2 rings (SSSR count). The average Bonchev–Trinajstić information content (AvgIpc) is 2.03. The van der Waals surface area contributed by atoms with Crippen LogP contribution in [0.4, 0.5) is 0 Å². The second kappa shape index (κ2) is 3.11. The molecule has 0 radical (unpaired) electrons. The van der Waals surface area contributed by atoms with Gasteiger partial charge in [-0.15, -0.1) is 0 Å². The Morgan fingerprint density at radius 1 is 1.36 bits per heavy atom. The molecule has 2 aliphatic rings. The molecule has 2 saturated heterocycles. The van der Waals surface area contributed by atoms with E-state index >= 15 is 0 Å². The lowest BCUT2D eigenvalue weighted by molar-refractivity contribution is 0.0854. The largest absolute Gasteiger partial charge is 0.330 e. The van der Waals surface area contributed by atoms with Crippen molar-refractivity contribution in [2.24, 2.45) is 17.6 Å². The Balaban J connectivity index is 1.94. The van der Waals surface area contributed by atoms with Gasteiger partial charge in [-0.05, 0) is 44.2 Å². The number of fused-ring (bicyclic) bond motifs is 2. The lowest BCUT2D eigenvalue weighted by Crippen LogP contribution is -2.46. The summed E-state index contributed by atoms with van der Waals surface area (Å²) in [5, 5.41) is 0. The number of piperidine rings is 2. The van der Waals surface area contributed by atoms with Gasteiger partial charge in [0.2, 0.25) is 0 Å². The fourth-order valence-corrected chi connectivity index (χ4v) is 2.59. The van der Waals surface area contributed by atoms with Gasteiger partial charge in [0.05, 0.1) is 0 Å². The molecule has 3 atom stereocenters. The normalized spacial score (nSPS) is 43.9. The van der Waals surface area contributed by atoms with Crippen molar-refractivity contribution in [3.05, 3.63) is 0 Å². The molecular formula is C9H18N2. The zero-order chi connectivity index (χ0) is 7.68. The Morgan fingerprint density at radius 3 is 3.00 bits per heavy atom. The quantitative estimate of drug-likeness (QED) is 0.601. The van der Waals surface area contributed by atoms with Crippen LogP contribution >= 0.6 is 0 Å². The van der Waals surface area contributed by atoms with Crippen molar-refractivity contribution in [1.82, 2.24) is 4.90 Å². The summed E-state index contributed by atoms with van der Waals surface area (Å²) in [6, 6.07) is 0. The molecule has 0 aliphatic carbocycles. The highest BCUT2D eigenvalue weighted by molar-refractivity contribution is 4.83. The van der Waals surface area contributed by atoms with Gasteiger partial charge in [0.1, 0.15) is 0 Å². The first-order valence-corrected chi connectivity index (χ1v) is 4.81. The highest BCUT2D eigenvalue weighted by Crippen LogP contribution is 2.28. The molecule has 0 aromatic heterocycles. The number of rotatable bonds is 1. The van der Waals surface area contributed by atoms with Gasteiger partial charge in [-0.1, -0.05) is 0 Å². The maximum Gasteiger partial charge on any atom is 0.00219 e. The first kappa shape index (κ1) is 7.56. The first-order valence-electron chi connectivity index (χ1n) is 4.81. The second-order valence-corrected chi connectivity index (χ2v) is 4.11. The summed E-state index contributed by atoms with van der Waals surface area (Å²) in [5.74, 6) is 1.78. The van der Waals surface area contributed by atoms with Crippen molar-refractivity contribution in [1.29, 1.82) is 0 Å². The topological polar surface area (TPSA) is 29.3 Å². The van der Waals surface area contributed by atoms with E-state index < -0.39 is 0 Å². The van der Waals surface area contributed by atoms with Gasteiger partial charge < -0.3 is 10.6 Å². The van der Waals surface area contributed by atoms with Gasteiger partial charge in [-0.2, -0.15) is 0 Å². The molecule has 0 amide bonds. The summed E-state index contributed by atoms with van der Waals surface area (Å²) in [6.45, 7) is 4.85. The smallest absolute Gasteiger partial charge is 0.00219 e. The average molecular weight is 154 g/mol. The molecule has 2 heterocycles. The Kier molecular flexibility index (Phi) is 2.14. The first-order chi connectivity index (χ1) is 5.38. The Bertz CT molecular complexity index is 124. The van der Waals surface area contributed by atoms with Crippen molar-refractivity contribution >= 4 is 0 Å². The molecule has 0 saturated carbocycles. The van der Waals surface area contributed by atoms with Crippen molar-refractivity contribution in [2.45, 2.75) is 19.3 Å². The molecule has 11 heavy (non-hydrogen) atoms. The number of nitrogens with two attached hydrogens (primary N) is 1. The number of hydrogen-bond donors (Lipinski definition) is 1. The van der Waals surface area contributed by atoms with Gasteiger partial charge in [0, 0.05) is 13.1 Å². The van der Waals surface area contributed by atoms with Crippen LogP contribution in [0.25, 0.3) is 0 Å². The Hall–Kier alpha value is -0.0800. The van der Waals surface area contributed by atoms with E-state index in [2.05, 4.69) is 4.90 Å². The Morgan fingerprint density at radius 2 is 2.27 bits per heavy atom. The third kappa shape index (κ3) is 1.57. The Labute approximate surface area is 68.7 Å². The summed E-state index contributed by atoms with van der Waals surface area (Å²) in [4.78, 5) is 2.59.